The van der Waals surface area contributed by atoms with Gasteiger partial charge in [-0.1, -0.05) is 51.1 Å². The number of hydrogen-bond acceptors (Lipinski definition) is 6. The first kappa shape index (κ1) is 27.9. The highest BCUT2D eigenvalue weighted by molar-refractivity contribution is 6.45. The van der Waals surface area contributed by atoms with Crippen LogP contribution >= 0.6 is 0 Å². The van der Waals surface area contributed by atoms with Crippen molar-refractivity contribution >= 4 is 34.0 Å². The van der Waals surface area contributed by atoms with Crippen LogP contribution in [0.15, 0.2) is 54.6 Å². The molecule has 3 aromatic carbocycles. The molecule has 1 saturated carbocycles. The molecule has 2 fully saturated rings. The van der Waals surface area contributed by atoms with Gasteiger partial charge in [0.1, 0.15) is 18.1 Å². The number of anilines is 2. The van der Waals surface area contributed by atoms with E-state index in [1.165, 1.54) is 0 Å². The predicted molar refractivity (Wildman–Crippen MR) is 158 cm³/mol. The van der Waals surface area contributed by atoms with Crippen LogP contribution in [0.5, 0.6) is 11.5 Å². The van der Waals surface area contributed by atoms with Crippen LogP contribution < -0.4 is 19.7 Å². The Labute approximate surface area is 236 Å². The highest BCUT2D eigenvalue weighted by Gasteiger charge is 2.38. The fraction of sp³-hybridized carbons (Fsp3) is 0.438. The fourth-order valence-corrected chi connectivity index (χ4v) is 5.05. The van der Waals surface area contributed by atoms with E-state index in [4.69, 9.17) is 14.2 Å². The number of nitrogens with one attached hydrogen (secondary N) is 1. The van der Waals surface area contributed by atoms with Crippen LogP contribution in [-0.4, -0.2) is 69.3 Å². The van der Waals surface area contributed by atoms with Gasteiger partial charge in [0, 0.05) is 42.1 Å². The van der Waals surface area contributed by atoms with E-state index >= 15 is 0 Å². The number of carbonyl (C=O) groups excluding carboxylic acids is 2. The summed E-state index contributed by atoms with van der Waals surface area (Å²) >= 11 is 0. The lowest BCUT2D eigenvalue weighted by Crippen LogP contribution is -2.41. The molecule has 0 atom stereocenters. The highest BCUT2D eigenvalue weighted by Crippen LogP contribution is 2.40. The van der Waals surface area contributed by atoms with Crippen molar-refractivity contribution in [2.45, 2.75) is 45.1 Å². The summed E-state index contributed by atoms with van der Waals surface area (Å²) in [6, 6.07) is 17.2. The maximum absolute atomic E-state index is 13.7. The molecule has 2 aliphatic rings. The van der Waals surface area contributed by atoms with Crippen LogP contribution in [0, 0.1) is 0 Å². The maximum atomic E-state index is 13.7. The first-order valence-electron chi connectivity index (χ1n) is 14.0. The van der Waals surface area contributed by atoms with E-state index in [-0.39, 0.29) is 11.5 Å². The molecule has 2 amide bonds. The molecule has 40 heavy (non-hydrogen) atoms. The Balaban J connectivity index is 1.35. The summed E-state index contributed by atoms with van der Waals surface area (Å²) in [6.45, 7) is 11.1. The molecule has 8 nitrogen and oxygen atoms in total. The Kier molecular flexibility index (Phi) is 8.28. The van der Waals surface area contributed by atoms with Crippen LogP contribution in [-0.2, 0) is 19.7 Å². The Bertz CT molecular complexity index is 1370. The van der Waals surface area contributed by atoms with Crippen LogP contribution in [0.25, 0.3) is 10.8 Å². The van der Waals surface area contributed by atoms with Crippen LogP contribution in [0.4, 0.5) is 11.4 Å². The second kappa shape index (κ2) is 11.9. The summed E-state index contributed by atoms with van der Waals surface area (Å²) in [6.07, 6.45) is 1.70. The summed E-state index contributed by atoms with van der Waals surface area (Å²) in [5.74, 6) is 0.0460. The summed E-state index contributed by atoms with van der Waals surface area (Å²) in [4.78, 5) is 31.0. The smallest absolute Gasteiger partial charge is 0.317 e. The van der Waals surface area contributed by atoms with Crippen LogP contribution in [0.3, 0.4) is 0 Å². The number of nitrogens with zero attached hydrogens (tertiary/aromatic N) is 2. The van der Waals surface area contributed by atoms with Crippen molar-refractivity contribution in [1.82, 2.24) is 4.90 Å². The molecule has 8 heteroatoms. The Morgan fingerprint density at radius 1 is 1.00 bits per heavy atom. The second-order valence-electron chi connectivity index (χ2n) is 11.5. The molecule has 1 saturated heterocycles. The Morgan fingerprint density at radius 2 is 1.70 bits per heavy atom. The van der Waals surface area contributed by atoms with Gasteiger partial charge in [-0.3, -0.25) is 19.4 Å². The molecular formula is C32H39N3O5. The number of benzene rings is 3. The number of morpholine rings is 1. The van der Waals surface area contributed by atoms with Gasteiger partial charge >= 0.3 is 11.8 Å². The molecule has 212 valence electrons. The lowest BCUT2D eigenvalue weighted by Gasteiger charge is -2.27. The van der Waals surface area contributed by atoms with Crippen molar-refractivity contribution in [2.24, 2.45) is 0 Å². The molecule has 1 N–H and O–H groups in total. The van der Waals surface area contributed by atoms with Gasteiger partial charge in [0.15, 0.2) is 0 Å². The zero-order chi connectivity index (χ0) is 28.3. The lowest BCUT2D eigenvalue weighted by molar-refractivity contribution is -0.134. The largest absolute Gasteiger partial charge is 0.495 e. The molecule has 0 bridgehead atoms. The first-order valence-corrected chi connectivity index (χ1v) is 14.0. The van der Waals surface area contributed by atoms with E-state index in [1.807, 2.05) is 48.5 Å². The van der Waals surface area contributed by atoms with E-state index in [1.54, 1.807) is 18.1 Å². The van der Waals surface area contributed by atoms with Gasteiger partial charge in [-0.15, -0.1) is 0 Å². The summed E-state index contributed by atoms with van der Waals surface area (Å²) in [7, 11) is 1.59. The van der Waals surface area contributed by atoms with Crippen molar-refractivity contribution in [3.63, 3.8) is 0 Å². The standard InChI is InChI=1S/C32H39N3O5/c1-32(2,3)22-9-13-29(38-4)27(21-22)35(23-10-11-23)31(37)30(36)33-26-12-14-28(25-8-6-5-7-24(25)26)40-20-17-34-15-18-39-19-16-34/h5-9,12-14,21,23H,10-11,15-20H2,1-4H3,(H,33,36). The van der Waals surface area contributed by atoms with Gasteiger partial charge in [0.25, 0.3) is 0 Å². The van der Waals surface area contributed by atoms with E-state index in [2.05, 4.69) is 31.0 Å². The SMILES string of the molecule is COc1ccc(C(C)(C)C)cc1N(C(=O)C(=O)Nc1ccc(OCCN2CCOCC2)c2ccccc12)C1CC1. The van der Waals surface area contributed by atoms with Gasteiger partial charge in [-0.05, 0) is 48.1 Å². The number of methoxy groups -OCH3 is 1. The van der Waals surface area contributed by atoms with E-state index in [0.717, 1.165) is 67.8 Å². The molecule has 5 rings (SSSR count). The molecule has 3 aromatic rings. The minimum Gasteiger partial charge on any atom is -0.495 e. The average molecular weight is 546 g/mol. The molecule has 0 spiro atoms. The lowest BCUT2D eigenvalue weighted by atomic mass is 9.86. The number of hydrogen-bond donors (Lipinski definition) is 1. The van der Waals surface area contributed by atoms with Gasteiger partial charge in [0.2, 0.25) is 0 Å². The summed E-state index contributed by atoms with van der Waals surface area (Å²) in [5, 5.41) is 4.59. The summed E-state index contributed by atoms with van der Waals surface area (Å²) in [5.41, 5.74) is 2.15. The van der Waals surface area contributed by atoms with Crippen LogP contribution in [0.2, 0.25) is 0 Å². The first-order chi connectivity index (χ1) is 19.3. The number of rotatable bonds is 8. The van der Waals surface area contributed by atoms with E-state index in [9.17, 15) is 9.59 Å². The molecule has 0 unspecified atom stereocenters. The zero-order valence-corrected chi connectivity index (χ0v) is 23.9. The third-order valence-corrected chi connectivity index (χ3v) is 7.53. The zero-order valence-electron chi connectivity index (χ0n) is 23.9. The Hall–Kier alpha value is -3.62. The highest BCUT2D eigenvalue weighted by atomic mass is 16.5. The van der Waals surface area contributed by atoms with Crippen molar-refractivity contribution in [3.8, 4) is 11.5 Å². The predicted octanol–water partition coefficient (Wildman–Crippen LogP) is 4.99. The van der Waals surface area contributed by atoms with Crippen molar-refractivity contribution in [1.29, 1.82) is 0 Å². The molecule has 1 aliphatic carbocycles. The number of ether oxygens (including phenoxy) is 3. The van der Waals surface area contributed by atoms with Gasteiger partial charge in [-0.25, -0.2) is 0 Å². The van der Waals surface area contributed by atoms with Crippen molar-refractivity contribution in [3.05, 3.63) is 60.2 Å². The monoisotopic (exact) mass is 545 g/mol. The second-order valence-corrected chi connectivity index (χ2v) is 11.5. The molecular weight excluding hydrogens is 506 g/mol. The van der Waals surface area contributed by atoms with Gasteiger partial charge < -0.3 is 19.5 Å². The molecule has 0 radical (unpaired) electrons. The third-order valence-electron chi connectivity index (χ3n) is 7.53. The molecule has 0 aromatic heterocycles. The summed E-state index contributed by atoms with van der Waals surface area (Å²) < 4.78 is 17.2. The number of amides is 2. The van der Waals surface area contributed by atoms with E-state index in [0.29, 0.717) is 23.7 Å². The maximum Gasteiger partial charge on any atom is 0.317 e. The fourth-order valence-electron chi connectivity index (χ4n) is 5.05. The number of carbonyl (C=O) groups is 2. The quantitative estimate of drug-likeness (QED) is 0.402. The molecule has 1 heterocycles. The Morgan fingerprint density at radius 3 is 2.38 bits per heavy atom. The van der Waals surface area contributed by atoms with Crippen molar-refractivity contribution in [2.75, 3.05) is 56.8 Å². The minimum absolute atomic E-state index is 0.0265. The average Bonchev–Trinajstić information content (AvgIpc) is 3.79. The normalized spacial score (nSPS) is 16.0. The topological polar surface area (TPSA) is 80.3 Å². The van der Waals surface area contributed by atoms with Crippen LogP contribution in [0.1, 0.15) is 39.2 Å². The van der Waals surface area contributed by atoms with Gasteiger partial charge in [0.05, 0.1) is 26.0 Å². The molecule has 1 aliphatic heterocycles. The minimum atomic E-state index is -0.679. The third kappa shape index (κ3) is 6.24. The number of fused-ring (bicyclic) bond motifs is 1. The van der Waals surface area contributed by atoms with E-state index < -0.39 is 11.8 Å². The van der Waals surface area contributed by atoms with Gasteiger partial charge in [-0.2, -0.15) is 0 Å². The van der Waals surface area contributed by atoms with Crippen molar-refractivity contribution < 1.29 is 23.8 Å².